The molecule has 4 amide bonds. The van der Waals surface area contributed by atoms with Gasteiger partial charge in [-0.15, -0.1) is 0 Å². The summed E-state index contributed by atoms with van der Waals surface area (Å²) in [5.41, 5.74) is -0.527. The van der Waals surface area contributed by atoms with Crippen molar-refractivity contribution in [2.45, 2.75) is 54.7 Å². The topological polar surface area (TPSA) is 78.5 Å². The van der Waals surface area contributed by atoms with Gasteiger partial charge < -0.3 is 10.6 Å². The number of thioether (sulfide) groups is 1. The second kappa shape index (κ2) is 8.24. The number of imide groups is 1. The highest BCUT2D eigenvalue weighted by Crippen LogP contribution is 2.34. The van der Waals surface area contributed by atoms with E-state index in [1.54, 1.807) is 12.1 Å². The monoisotopic (exact) mass is 397 g/mol. The molecule has 0 unspecified atom stereocenters. The second-order valence-electron chi connectivity index (χ2n) is 6.70. The molecular weight excluding hydrogens is 376 g/mol. The van der Waals surface area contributed by atoms with Crippen LogP contribution in [-0.2, 0) is 9.59 Å². The first-order chi connectivity index (χ1) is 12.9. The molecule has 1 aromatic rings. The van der Waals surface area contributed by atoms with Crippen LogP contribution in [-0.4, -0.2) is 40.6 Å². The van der Waals surface area contributed by atoms with Crippen LogP contribution in [0.1, 0.15) is 38.5 Å². The highest BCUT2D eigenvalue weighted by Gasteiger charge is 2.51. The fourth-order valence-electron chi connectivity index (χ4n) is 3.57. The number of carbonyl (C=O) groups is 3. The van der Waals surface area contributed by atoms with Crippen LogP contribution in [0.3, 0.4) is 0 Å². The van der Waals surface area contributed by atoms with Crippen molar-refractivity contribution < 1.29 is 23.2 Å². The second-order valence-corrected chi connectivity index (χ2v) is 7.73. The summed E-state index contributed by atoms with van der Waals surface area (Å²) >= 11 is 0.349. The number of anilines is 1. The minimum atomic E-state index is -2.60. The minimum Gasteiger partial charge on any atom is -0.325 e. The molecule has 0 bridgehead atoms. The minimum absolute atomic E-state index is 0.0393. The molecule has 1 aliphatic heterocycles. The van der Waals surface area contributed by atoms with Gasteiger partial charge >= 0.3 is 6.03 Å². The molecule has 6 nitrogen and oxygen atoms in total. The van der Waals surface area contributed by atoms with E-state index in [9.17, 15) is 23.2 Å². The Bertz CT molecular complexity index is 738. The summed E-state index contributed by atoms with van der Waals surface area (Å²) in [5, 5.41) is 5.37. The maximum Gasteiger partial charge on any atom is 0.325 e. The molecule has 1 saturated carbocycles. The lowest BCUT2D eigenvalue weighted by molar-refractivity contribution is -0.132. The van der Waals surface area contributed by atoms with Crippen LogP contribution in [0.25, 0.3) is 0 Å². The predicted octanol–water partition coefficient (Wildman–Crippen LogP) is 3.58. The number of halogens is 2. The van der Waals surface area contributed by atoms with Crippen molar-refractivity contribution >= 4 is 35.3 Å². The Morgan fingerprint density at radius 1 is 1.22 bits per heavy atom. The Hall–Kier alpha value is -2.16. The largest absolute Gasteiger partial charge is 0.325 e. The van der Waals surface area contributed by atoms with Gasteiger partial charge in [-0.1, -0.05) is 43.2 Å². The van der Waals surface area contributed by atoms with Crippen molar-refractivity contribution in [3.63, 3.8) is 0 Å². The Labute approximate surface area is 160 Å². The van der Waals surface area contributed by atoms with Crippen molar-refractivity contribution in [1.29, 1.82) is 0 Å². The van der Waals surface area contributed by atoms with Crippen LogP contribution in [0.2, 0.25) is 0 Å². The summed E-state index contributed by atoms with van der Waals surface area (Å²) in [4.78, 5) is 38.4. The van der Waals surface area contributed by atoms with Crippen LogP contribution in [0.15, 0.2) is 29.2 Å². The van der Waals surface area contributed by atoms with Gasteiger partial charge in [0.1, 0.15) is 5.54 Å². The van der Waals surface area contributed by atoms with Gasteiger partial charge in [0.05, 0.1) is 5.69 Å². The fraction of sp³-hybridized carbons (Fsp3) is 0.500. The number of carbonyl (C=O) groups excluding carboxylic acids is 3. The van der Waals surface area contributed by atoms with Crippen molar-refractivity contribution in [2.24, 2.45) is 0 Å². The van der Waals surface area contributed by atoms with E-state index in [1.165, 1.54) is 12.1 Å². The van der Waals surface area contributed by atoms with Crippen molar-refractivity contribution in [3.05, 3.63) is 24.3 Å². The van der Waals surface area contributed by atoms with Gasteiger partial charge in [-0.3, -0.25) is 14.5 Å². The fourth-order valence-corrected chi connectivity index (χ4v) is 4.16. The summed E-state index contributed by atoms with van der Waals surface area (Å²) in [6.45, 7) is -0.0393. The summed E-state index contributed by atoms with van der Waals surface area (Å²) in [5.74, 6) is -3.31. The number of hydrogen-bond acceptors (Lipinski definition) is 4. The number of nitrogens with one attached hydrogen (secondary N) is 2. The van der Waals surface area contributed by atoms with Gasteiger partial charge in [0, 0.05) is 17.9 Å². The molecule has 1 aromatic carbocycles. The summed E-state index contributed by atoms with van der Waals surface area (Å²) in [6, 6.07) is 5.81. The molecule has 1 heterocycles. The summed E-state index contributed by atoms with van der Waals surface area (Å²) in [7, 11) is 0. The molecule has 2 N–H and O–H groups in total. The average Bonchev–Trinajstić information content (AvgIpc) is 2.85. The lowest BCUT2D eigenvalue weighted by atomic mass is 9.82. The standard InChI is InChI=1S/C18H21F2N3O3S/c19-16(20)27-13-7-3-2-6-12(13)21-14(24)8-11-23-15(25)18(22-17(23)26)9-4-1-5-10-18/h2-3,6-7,16H,1,4-5,8-11H2,(H,21,24)(H,22,26). The first-order valence-electron chi connectivity index (χ1n) is 8.89. The summed E-state index contributed by atoms with van der Waals surface area (Å²) < 4.78 is 25.2. The molecule has 3 rings (SSSR count). The molecule has 0 aromatic heterocycles. The van der Waals surface area contributed by atoms with Crippen LogP contribution in [0.5, 0.6) is 0 Å². The third kappa shape index (κ3) is 4.40. The number of alkyl halides is 2. The molecule has 146 valence electrons. The van der Waals surface area contributed by atoms with E-state index in [0.29, 0.717) is 24.6 Å². The number of amides is 4. The van der Waals surface area contributed by atoms with E-state index in [-0.39, 0.29) is 29.5 Å². The van der Waals surface area contributed by atoms with Gasteiger partial charge in [-0.25, -0.2) is 4.79 Å². The molecule has 27 heavy (non-hydrogen) atoms. The van der Waals surface area contributed by atoms with Crippen LogP contribution in [0.4, 0.5) is 19.3 Å². The lowest BCUT2D eigenvalue weighted by Crippen LogP contribution is -2.48. The number of benzene rings is 1. The predicted molar refractivity (Wildman–Crippen MR) is 97.6 cm³/mol. The highest BCUT2D eigenvalue weighted by molar-refractivity contribution is 7.99. The van der Waals surface area contributed by atoms with E-state index in [1.807, 2.05) is 0 Å². The van der Waals surface area contributed by atoms with Crippen molar-refractivity contribution in [2.75, 3.05) is 11.9 Å². The number of rotatable bonds is 6. The normalized spacial score (nSPS) is 18.9. The van der Waals surface area contributed by atoms with E-state index >= 15 is 0 Å². The molecule has 1 saturated heterocycles. The maximum absolute atomic E-state index is 12.7. The van der Waals surface area contributed by atoms with Crippen molar-refractivity contribution in [3.8, 4) is 0 Å². The van der Waals surface area contributed by atoms with Gasteiger partial charge in [-0.05, 0) is 25.0 Å². The summed E-state index contributed by atoms with van der Waals surface area (Å²) in [6.07, 6.45) is 3.97. The molecule has 0 radical (unpaired) electrons. The Balaban J connectivity index is 1.58. The zero-order valence-electron chi connectivity index (χ0n) is 14.7. The third-order valence-electron chi connectivity index (χ3n) is 4.89. The molecule has 2 fully saturated rings. The number of nitrogens with zero attached hydrogens (tertiary/aromatic N) is 1. The van der Waals surface area contributed by atoms with Crippen LogP contribution in [0, 0.1) is 0 Å². The van der Waals surface area contributed by atoms with E-state index in [2.05, 4.69) is 10.6 Å². The zero-order valence-corrected chi connectivity index (χ0v) is 15.5. The molecule has 9 heteroatoms. The number of urea groups is 1. The van der Waals surface area contributed by atoms with Gasteiger partial charge in [0.2, 0.25) is 5.91 Å². The quantitative estimate of drug-likeness (QED) is 0.568. The van der Waals surface area contributed by atoms with Crippen molar-refractivity contribution in [1.82, 2.24) is 10.2 Å². The highest BCUT2D eigenvalue weighted by atomic mass is 32.2. The Kier molecular flexibility index (Phi) is 5.98. The van der Waals surface area contributed by atoms with Gasteiger partial charge in [0.15, 0.2) is 0 Å². The van der Waals surface area contributed by atoms with Crippen LogP contribution < -0.4 is 10.6 Å². The molecule has 1 spiro atoms. The lowest BCUT2D eigenvalue weighted by Gasteiger charge is -2.30. The molecule has 2 aliphatic rings. The molecule has 1 aliphatic carbocycles. The smallest absolute Gasteiger partial charge is 0.325 e. The van der Waals surface area contributed by atoms with Gasteiger partial charge in [-0.2, -0.15) is 8.78 Å². The number of hydrogen-bond donors (Lipinski definition) is 2. The van der Waals surface area contributed by atoms with E-state index in [4.69, 9.17) is 0 Å². The first kappa shape index (κ1) is 19.6. The van der Waals surface area contributed by atoms with Gasteiger partial charge in [0.25, 0.3) is 11.7 Å². The van der Waals surface area contributed by atoms with E-state index in [0.717, 1.165) is 24.2 Å². The zero-order chi connectivity index (χ0) is 19.4. The third-order valence-corrected chi connectivity index (χ3v) is 5.68. The first-order valence-corrected chi connectivity index (χ1v) is 9.77. The maximum atomic E-state index is 12.7. The average molecular weight is 397 g/mol. The Morgan fingerprint density at radius 3 is 2.63 bits per heavy atom. The van der Waals surface area contributed by atoms with E-state index < -0.39 is 23.2 Å². The van der Waals surface area contributed by atoms with Crippen LogP contribution >= 0.6 is 11.8 Å². The number of para-hydroxylation sites is 1. The Morgan fingerprint density at radius 2 is 1.93 bits per heavy atom. The SMILES string of the molecule is O=C(CCN1C(=O)NC2(CCCCC2)C1=O)Nc1ccccc1SC(F)F. The molecular formula is C18H21F2N3O3S. The molecule has 0 atom stereocenters.